The van der Waals surface area contributed by atoms with E-state index < -0.39 is 11.6 Å². The van der Waals surface area contributed by atoms with Crippen molar-refractivity contribution in [2.75, 3.05) is 32.8 Å². The van der Waals surface area contributed by atoms with E-state index in [1.54, 1.807) is 4.90 Å². The first kappa shape index (κ1) is 13.3. The van der Waals surface area contributed by atoms with Gasteiger partial charge in [0.25, 0.3) is 0 Å². The Hall–Kier alpha value is -1.14. The number of carboxylic acids is 1. The third-order valence-electron chi connectivity index (χ3n) is 3.59. The molecule has 6 heteroatoms. The topological polar surface area (TPSA) is 78.9 Å². The number of hydrogen-bond acceptors (Lipinski definition) is 4. The van der Waals surface area contributed by atoms with Gasteiger partial charge in [0.1, 0.15) is 12.2 Å². The molecule has 2 saturated heterocycles. The van der Waals surface area contributed by atoms with Crippen LogP contribution in [0.2, 0.25) is 0 Å². The predicted octanol–water partition coefficient (Wildman–Crippen LogP) is -0.312. The minimum Gasteiger partial charge on any atom is -0.480 e. The van der Waals surface area contributed by atoms with Gasteiger partial charge in [-0.15, -0.1) is 0 Å². The van der Waals surface area contributed by atoms with Crippen LogP contribution in [-0.4, -0.2) is 60.3 Å². The Labute approximate surface area is 106 Å². The maximum absolute atomic E-state index is 12.1. The molecule has 2 N–H and O–H groups in total. The summed E-state index contributed by atoms with van der Waals surface area (Å²) in [6.45, 7) is 4.36. The third kappa shape index (κ3) is 3.00. The van der Waals surface area contributed by atoms with E-state index in [0.717, 1.165) is 25.9 Å². The van der Waals surface area contributed by atoms with Crippen LogP contribution >= 0.6 is 0 Å². The quantitative estimate of drug-likeness (QED) is 0.721. The molecule has 2 heterocycles. The molecule has 0 atom stereocenters. The van der Waals surface area contributed by atoms with Gasteiger partial charge in [0, 0.05) is 5.92 Å². The van der Waals surface area contributed by atoms with Crippen LogP contribution < -0.4 is 5.32 Å². The number of likely N-dealkylation sites (tertiary alicyclic amines) is 1. The molecule has 0 spiro atoms. The average molecular weight is 256 g/mol. The van der Waals surface area contributed by atoms with E-state index in [-0.39, 0.29) is 18.4 Å². The molecule has 0 unspecified atom stereocenters. The van der Waals surface area contributed by atoms with Gasteiger partial charge in [-0.1, -0.05) is 0 Å². The van der Waals surface area contributed by atoms with Gasteiger partial charge in [-0.25, -0.2) is 4.79 Å². The van der Waals surface area contributed by atoms with Crippen molar-refractivity contribution in [2.45, 2.75) is 25.4 Å². The average Bonchev–Trinajstić information content (AvgIpc) is 2.33. The highest BCUT2D eigenvalue weighted by atomic mass is 16.5. The van der Waals surface area contributed by atoms with Crippen molar-refractivity contribution in [2.24, 2.45) is 5.92 Å². The number of piperidine rings is 1. The molecule has 0 bridgehead atoms. The molecular weight excluding hydrogens is 236 g/mol. The molecule has 18 heavy (non-hydrogen) atoms. The number of amides is 1. The summed E-state index contributed by atoms with van der Waals surface area (Å²) in [7, 11) is 0. The van der Waals surface area contributed by atoms with Crippen LogP contribution in [0.5, 0.6) is 0 Å². The number of nitrogens with zero attached hydrogens (tertiary/aromatic N) is 1. The lowest BCUT2D eigenvalue weighted by atomic mass is 9.90. The summed E-state index contributed by atoms with van der Waals surface area (Å²) in [6, 6.07) is 0. The van der Waals surface area contributed by atoms with E-state index in [4.69, 9.17) is 9.84 Å². The zero-order valence-electron chi connectivity index (χ0n) is 10.6. The maximum Gasteiger partial charge on any atom is 0.329 e. The normalized spacial score (nSPS) is 23.5. The van der Waals surface area contributed by atoms with Gasteiger partial charge in [-0.05, 0) is 32.9 Å². The van der Waals surface area contributed by atoms with Gasteiger partial charge in [0.15, 0.2) is 0 Å². The molecule has 2 aliphatic rings. The molecule has 0 aromatic carbocycles. The smallest absolute Gasteiger partial charge is 0.329 e. The summed E-state index contributed by atoms with van der Waals surface area (Å²) < 4.78 is 5.29. The van der Waals surface area contributed by atoms with Crippen molar-refractivity contribution >= 4 is 11.9 Å². The van der Waals surface area contributed by atoms with Gasteiger partial charge < -0.3 is 20.1 Å². The number of rotatable bonds is 4. The van der Waals surface area contributed by atoms with E-state index in [1.165, 1.54) is 0 Å². The number of ether oxygens (including phenoxy) is 1. The number of carboxylic acid groups (broad SMARTS) is 1. The first-order chi connectivity index (χ1) is 8.50. The first-order valence-electron chi connectivity index (χ1n) is 6.35. The number of carbonyl (C=O) groups is 2. The minimum absolute atomic E-state index is 0.121. The zero-order valence-corrected chi connectivity index (χ0v) is 10.6. The number of hydrogen-bond donors (Lipinski definition) is 2. The van der Waals surface area contributed by atoms with Gasteiger partial charge in [0.2, 0.25) is 5.91 Å². The summed E-state index contributed by atoms with van der Waals surface area (Å²) in [5.41, 5.74) is -0.485. The molecule has 1 amide bonds. The highest BCUT2D eigenvalue weighted by Gasteiger charge is 2.44. The van der Waals surface area contributed by atoms with Crippen LogP contribution in [0.1, 0.15) is 19.8 Å². The van der Waals surface area contributed by atoms with Crippen LogP contribution in [0.4, 0.5) is 0 Å². The second-order valence-corrected chi connectivity index (χ2v) is 5.35. The summed E-state index contributed by atoms with van der Waals surface area (Å²) in [5.74, 6) is -0.664. The lowest BCUT2D eigenvalue weighted by Crippen LogP contribution is -2.64. The molecule has 6 nitrogen and oxygen atoms in total. The Kier molecular flexibility index (Phi) is 3.87. The molecule has 2 rings (SSSR count). The zero-order chi connectivity index (χ0) is 13.2. The SMILES string of the molecule is CC1(OCC(=O)O)CN(C(=O)C2CCNCC2)C1. The summed E-state index contributed by atoms with van der Waals surface area (Å²) in [6.07, 6.45) is 1.78. The van der Waals surface area contributed by atoms with E-state index in [0.29, 0.717) is 13.1 Å². The van der Waals surface area contributed by atoms with E-state index in [1.807, 2.05) is 6.92 Å². The van der Waals surface area contributed by atoms with Crippen LogP contribution in [-0.2, 0) is 14.3 Å². The molecule has 0 radical (unpaired) electrons. The van der Waals surface area contributed by atoms with Gasteiger partial charge in [-0.3, -0.25) is 4.79 Å². The third-order valence-corrected chi connectivity index (χ3v) is 3.59. The first-order valence-corrected chi connectivity index (χ1v) is 6.35. The lowest BCUT2D eigenvalue weighted by molar-refractivity contribution is -0.176. The standard InChI is InChI=1S/C12H20N2O4/c1-12(18-6-10(15)16)7-14(8-12)11(17)9-2-4-13-5-3-9/h9,13H,2-8H2,1H3,(H,15,16). The van der Waals surface area contributed by atoms with Crippen molar-refractivity contribution < 1.29 is 19.4 Å². The molecule has 0 saturated carbocycles. The van der Waals surface area contributed by atoms with E-state index >= 15 is 0 Å². The molecule has 2 aliphatic heterocycles. The van der Waals surface area contributed by atoms with Crippen molar-refractivity contribution in [3.8, 4) is 0 Å². The Balaban J connectivity index is 1.77. The molecule has 102 valence electrons. The highest BCUT2D eigenvalue weighted by molar-refractivity contribution is 5.80. The molecule has 0 aromatic heterocycles. The number of carbonyl (C=O) groups excluding carboxylic acids is 1. The largest absolute Gasteiger partial charge is 0.480 e. The highest BCUT2D eigenvalue weighted by Crippen LogP contribution is 2.28. The van der Waals surface area contributed by atoms with Crippen molar-refractivity contribution in [1.29, 1.82) is 0 Å². The predicted molar refractivity (Wildman–Crippen MR) is 64.2 cm³/mol. The molecule has 0 aliphatic carbocycles. The fourth-order valence-corrected chi connectivity index (χ4v) is 2.57. The van der Waals surface area contributed by atoms with Crippen LogP contribution in [0.25, 0.3) is 0 Å². The lowest BCUT2D eigenvalue weighted by Gasteiger charge is -2.48. The Morgan fingerprint density at radius 3 is 2.56 bits per heavy atom. The molecular formula is C12H20N2O4. The number of nitrogens with one attached hydrogen (secondary N) is 1. The molecule has 2 fully saturated rings. The summed E-state index contributed by atoms with van der Waals surface area (Å²) in [5, 5.41) is 11.8. The van der Waals surface area contributed by atoms with Gasteiger partial charge in [-0.2, -0.15) is 0 Å². The van der Waals surface area contributed by atoms with E-state index in [2.05, 4.69) is 5.32 Å². The second kappa shape index (κ2) is 5.24. The number of aliphatic carboxylic acids is 1. The van der Waals surface area contributed by atoms with Gasteiger partial charge in [0.05, 0.1) is 13.1 Å². The Bertz CT molecular complexity index is 333. The van der Waals surface area contributed by atoms with Gasteiger partial charge >= 0.3 is 5.97 Å². The van der Waals surface area contributed by atoms with Crippen molar-refractivity contribution in [1.82, 2.24) is 10.2 Å². The summed E-state index contributed by atoms with van der Waals surface area (Å²) in [4.78, 5) is 24.3. The fraction of sp³-hybridized carbons (Fsp3) is 0.833. The second-order valence-electron chi connectivity index (χ2n) is 5.35. The van der Waals surface area contributed by atoms with Crippen LogP contribution in [0.15, 0.2) is 0 Å². The van der Waals surface area contributed by atoms with Crippen molar-refractivity contribution in [3.05, 3.63) is 0 Å². The molecule has 0 aromatic rings. The minimum atomic E-state index is -0.973. The van der Waals surface area contributed by atoms with E-state index in [9.17, 15) is 9.59 Å². The summed E-state index contributed by atoms with van der Waals surface area (Å²) >= 11 is 0. The van der Waals surface area contributed by atoms with Crippen molar-refractivity contribution in [3.63, 3.8) is 0 Å². The maximum atomic E-state index is 12.1. The Morgan fingerprint density at radius 2 is 2.00 bits per heavy atom. The fourth-order valence-electron chi connectivity index (χ4n) is 2.57. The Morgan fingerprint density at radius 1 is 1.39 bits per heavy atom. The van der Waals surface area contributed by atoms with Crippen LogP contribution in [0, 0.1) is 5.92 Å². The van der Waals surface area contributed by atoms with Crippen LogP contribution in [0.3, 0.4) is 0 Å². The monoisotopic (exact) mass is 256 g/mol.